The molecule has 0 bridgehead atoms. The number of rotatable bonds is 1. The van der Waals surface area contributed by atoms with Crippen LogP contribution in [0.2, 0.25) is 0 Å². The van der Waals surface area contributed by atoms with E-state index in [0.717, 1.165) is 28.7 Å². The van der Waals surface area contributed by atoms with Crippen LogP contribution in [0.15, 0.2) is 23.8 Å². The normalized spacial score (nSPS) is 15.7. The fraction of sp³-hybridized carbons (Fsp3) is 0.286. The van der Waals surface area contributed by atoms with Gasteiger partial charge in [0.2, 0.25) is 0 Å². The number of aryl methyl sites for hydroxylation is 1. The average Bonchev–Trinajstić information content (AvgIpc) is 2.54. The van der Waals surface area contributed by atoms with Crippen molar-refractivity contribution >= 4 is 11.5 Å². The molecule has 1 radical (unpaired) electrons. The van der Waals surface area contributed by atoms with Crippen molar-refractivity contribution in [2.45, 2.75) is 13.3 Å². The first-order valence-corrected chi connectivity index (χ1v) is 5.38. The summed E-state index contributed by atoms with van der Waals surface area (Å²) in [5.74, 6) is 0.137. The Hall–Kier alpha value is -0.596. The number of anilines is 1. The number of allylic oxidation sites excluding steroid dienone is 2. The minimum atomic E-state index is 0. The molecule has 0 spiro atoms. The monoisotopic (exact) mass is 303 g/mol. The van der Waals surface area contributed by atoms with Crippen LogP contribution in [-0.2, 0) is 39.1 Å². The summed E-state index contributed by atoms with van der Waals surface area (Å²) in [6.45, 7) is 5.72. The first-order valence-electron chi connectivity index (χ1n) is 5.38. The zero-order valence-electron chi connectivity index (χ0n) is 10.6. The molecule has 0 unspecified atom stereocenters. The summed E-state index contributed by atoms with van der Waals surface area (Å²) in [7, 11) is 4.03. The minimum absolute atomic E-state index is 0. The van der Waals surface area contributed by atoms with Crippen molar-refractivity contribution in [3.8, 4) is 0 Å². The van der Waals surface area contributed by atoms with E-state index in [-0.39, 0.29) is 38.5 Å². The van der Waals surface area contributed by atoms with E-state index in [4.69, 9.17) is 0 Å². The van der Waals surface area contributed by atoms with E-state index in [2.05, 4.69) is 17.9 Å². The molecule has 0 fully saturated rings. The molecule has 17 heavy (non-hydrogen) atoms. The van der Waals surface area contributed by atoms with Crippen molar-refractivity contribution < 1.29 is 37.5 Å². The summed E-state index contributed by atoms with van der Waals surface area (Å²) in [6, 6.07) is 4.10. The average molecular weight is 303 g/mol. The molecule has 1 aromatic carbocycles. The number of carbonyl (C=O) groups is 1. The largest absolute Gasteiger partial charge is 0.377 e. The van der Waals surface area contributed by atoms with Gasteiger partial charge in [0, 0.05) is 58.1 Å². The molecule has 0 saturated carbocycles. The molecule has 0 atom stereocenters. The quantitative estimate of drug-likeness (QED) is 0.587. The third-order valence-electron chi connectivity index (χ3n) is 3.07. The van der Waals surface area contributed by atoms with Gasteiger partial charge in [-0.05, 0) is 30.2 Å². The fourth-order valence-electron chi connectivity index (χ4n) is 2.20. The Bertz CT molecular complexity index is 489. The van der Waals surface area contributed by atoms with Gasteiger partial charge in [-0.2, -0.15) is 0 Å². The van der Waals surface area contributed by atoms with Crippen LogP contribution in [-0.4, -0.2) is 19.9 Å². The molecule has 0 saturated heterocycles. The van der Waals surface area contributed by atoms with Crippen molar-refractivity contribution in [2.24, 2.45) is 0 Å². The second-order valence-electron chi connectivity index (χ2n) is 4.43. The summed E-state index contributed by atoms with van der Waals surface area (Å²) < 4.78 is 0. The van der Waals surface area contributed by atoms with Gasteiger partial charge >= 0.3 is 0 Å². The van der Waals surface area contributed by atoms with Gasteiger partial charge in [0.1, 0.15) is 5.78 Å². The van der Waals surface area contributed by atoms with Gasteiger partial charge in [0.05, 0.1) is 0 Å². The van der Waals surface area contributed by atoms with E-state index >= 15 is 0 Å². The number of hydrogen-bond donors (Lipinski definition) is 0. The standard InChI is InChI=1S/C14H16NO.Y/c1-5-10-7-11-8-13(15(3)4)9(2)6-12(11)14(10)16;/h5-6,8H,1,7H2,2-4H3;/q-1;/b10-5+;. The second-order valence-corrected chi connectivity index (χ2v) is 4.43. The predicted octanol–water partition coefficient (Wildman–Crippen LogP) is 2.56. The molecule has 1 aliphatic carbocycles. The van der Waals surface area contributed by atoms with E-state index in [9.17, 15) is 4.79 Å². The van der Waals surface area contributed by atoms with Crippen LogP contribution >= 0.6 is 0 Å². The molecule has 87 valence electrons. The molecule has 2 nitrogen and oxygen atoms in total. The Kier molecular flexibility index (Phi) is 4.57. The molecule has 0 aromatic heterocycles. The summed E-state index contributed by atoms with van der Waals surface area (Å²) in [6.07, 6.45) is 2.39. The maximum absolute atomic E-state index is 11.9. The van der Waals surface area contributed by atoms with E-state index in [1.54, 1.807) is 6.08 Å². The summed E-state index contributed by atoms with van der Waals surface area (Å²) >= 11 is 0. The fourth-order valence-corrected chi connectivity index (χ4v) is 2.20. The third-order valence-corrected chi connectivity index (χ3v) is 3.07. The van der Waals surface area contributed by atoms with E-state index < -0.39 is 0 Å². The minimum Gasteiger partial charge on any atom is -0.377 e. The topological polar surface area (TPSA) is 20.3 Å². The molecular formula is C14H16NOY-. The zero-order chi connectivity index (χ0) is 11.9. The molecule has 1 aromatic rings. The number of nitrogens with zero attached hydrogens (tertiary/aromatic N) is 1. The number of ketones is 1. The van der Waals surface area contributed by atoms with E-state index in [1.165, 1.54) is 5.69 Å². The third kappa shape index (κ3) is 2.48. The second kappa shape index (κ2) is 5.37. The summed E-state index contributed by atoms with van der Waals surface area (Å²) in [4.78, 5) is 14.0. The molecule has 0 N–H and O–H groups in total. The van der Waals surface area contributed by atoms with Gasteiger partial charge < -0.3 is 9.69 Å². The van der Waals surface area contributed by atoms with Crippen molar-refractivity contribution in [3.05, 3.63) is 47.4 Å². The zero-order valence-corrected chi connectivity index (χ0v) is 13.4. The summed E-state index contributed by atoms with van der Waals surface area (Å²) in [5, 5.41) is 0. The van der Waals surface area contributed by atoms with Gasteiger partial charge in [-0.3, -0.25) is 0 Å². The van der Waals surface area contributed by atoms with Crippen molar-refractivity contribution in [2.75, 3.05) is 19.0 Å². The molecule has 1 aliphatic rings. The van der Waals surface area contributed by atoms with Gasteiger partial charge in [-0.1, -0.05) is 6.42 Å². The van der Waals surface area contributed by atoms with Crippen LogP contribution in [0.1, 0.15) is 21.5 Å². The smallest absolute Gasteiger partial charge is 0.110 e. The Labute approximate surface area is 128 Å². The van der Waals surface area contributed by atoms with Crippen LogP contribution < -0.4 is 4.90 Å². The molecule has 0 heterocycles. The molecule has 0 amide bonds. The number of carbonyl (C=O) groups excluding carboxylic acids is 1. The molecule has 3 heteroatoms. The van der Waals surface area contributed by atoms with Crippen LogP contribution in [0.5, 0.6) is 0 Å². The van der Waals surface area contributed by atoms with Crippen molar-refractivity contribution in [3.63, 3.8) is 0 Å². The number of benzene rings is 1. The Morgan fingerprint density at radius 1 is 1.35 bits per heavy atom. The van der Waals surface area contributed by atoms with Crippen LogP contribution in [0, 0.1) is 13.8 Å². The van der Waals surface area contributed by atoms with Crippen LogP contribution in [0.25, 0.3) is 0 Å². The summed E-state index contributed by atoms with van der Waals surface area (Å²) in [5.41, 5.74) is 5.09. The van der Waals surface area contributed by atoms with Gasteiger partial charge in [0.25, 0.3) is 0 Å². The van der Waals surface area contributed by atoms with Crippen molar-refractivity contribution in [1.82, 2.24) is 0 Å². The molecular weight excluding hydrogens is 287 g/mol. The van der Waals surface area contributed by atoms with Gasteiger partial charge in [-0.25, -0.2) is 13.0 Å². The maximum Gasteiger partial charge on any atom is 0.110 e. The predicted molar refractivity (Wildman–Crippen MR) is 67.0 cm³/mol. The Morgan fingerprint density at radius 3 is 2.53 bits per heavy atom. The van der Waals surface area contributed by atoms with Crippen LogP contribution in [0.3, 0.4) is 0 Å². The number of fused-ring (bicyclic) bond motifs is 1. The molecule has 2 rings (SSSR count). The SMILES string of the molecule is [CH2-]/C=C1\Cc2cc(N(C)C)c(C)cc2C1=O.[Y]. The Morgan fingerprint density at radius 2 is 2.00 bits per heavy atom. The first-order chi connectivity index (χ1) is 7.54. The van der Waals surface area contributed by atoms with Gasteiger partial charge in [-0.15, -0.1) is 5.57 Å². The molecule has 0 aliphatic heterocycles. The van der Waals surface area contributed by atoms with E-state index in [1.807, 2.05) is 27.1 Å². The number of Topliss-reactive ketones (excluding diaryl/α,β-unsaturated/α-hetero) is 1. The number of hydrogen-bond acceptors (Lipinski definition) is 2. The van der Waals surface area contributed by atoms with Crippen molar-refractivity contribution in [1.29, 1.82) is 0 Å². The van der Waals surface area contributed by atoms with Crippen LogP contribution in [0.4, 0.5) is 5.69 Å². The van der Waals surface area contributed by atoms with E-state index in [0.29, 0.717) is 0 Å². The maximum atomic E-state index is 11.9. The Balaban J connectivity index is 0.00000144. The van der Waals surface area contributed by atoms with Gasteiger partial charge in [0.15, 0.2) is 0 Å². The first kappa shape index (κ1) is 14.5.